The van der Waals surface area contributed by atoms with Crippen molar-refractivity contribution >= 4 is 28.6 Å². The van der Waals surface area contributed by atoms with Gasteiger partial charge in [0.05, 0.1) is 11.8 Å². The van der Waals surface area contributed by atoms with Gasteiger partial charge in [-0.1, -0.05) is 12.1 Å². The van der Waals surface area contributed by atoms with Crippen molar-refractivity contribution < 1.29 is 9.21 Å². The van der Waals surface area contributed by atoms with Gasteiger partial charge in [0.25, 0.3) is 5.91 Å². The van der Waals surface area contributed by atoms with E-state index in [9.17, 15) is 4.79 Å². The molecule has 1 fully saturated rings. The average molecular weight is 393 g/mol. The van der Waals surface area contributed by atoms with Crippen LogP contribution in [0, 0.1) is 5.92 Å². The normalized spacial score (nSPS) is 19.1. The summed E-state index contributed by atoms with van der Waals surface area (Å²) >= 11 is 0. The Morgan fingerprint density at radius 3 is 2.62 bits per heavy atom. The maximum absolute atomic E-state index is 12.0. The quantitative estimate of drug-likeness (QED) is 0.665. The van der Waals surface area contributed by atoms with Crippen LogP contribution in [0.5, 0.6) is 0 Å². The van der Waals surface area contributed by atoms with E-state index >= 15 is 0 Å². The molecule has 1 aliphatic rings. The van der Waals surface area contributed by atoms with Gasteiger partial charge >= 0.3 is 0 Å². The fraction of sp³-hybridized carbons (Fsp3) is 0.409. The molecule has 29 heavy (non-hydrogen) atoms. The van der Waals surface area contributed by atoms with Crippen molar-refractivity contribution in [1.29, 1.82) is 0 Å². The summed E-state index contributed by atoms with van der Waals surface area (Å²) in [7, 11) is 4.00. The number of nitrogens with zero attached hydrogens (tertiary/aromatic N) is 3. The monoisotopic (exact) mass is 393 g/mol. The number of amides is 1. The van der Waals surface area contributed by atoms with E-state index in [2.05, 4.69) is 16.7 Å². The number of anilines is 2. The second kappa shape index (κ2) is 8.51. The Morgan fingerprint density at radius 1 is 1.10 bits per heavy atom. The first kappa shape index (κ1) is 19.2. The van der Waals surface area contributed by atoms with Gasteiger partial charge in [-0.05, 0) is 55.9 Å². The molecule has 0 aliphatic heterocycles. The van der Waals surface area contributed by atoms with Gasteiger partial charge in [-0.25, -0.2) is 4.98 Å². The van der Waals surface area contributed by atoms with E-state index in [4.69, 9.17) is 14.4 Å². The highest BCUT2D eigenvalue weighted by atomic mass is 16.3. The van der Waals surface area contributed by atoms with Crippen molar-refractivity contribution in [3.05, 3.63) is 48.4 Å². The molecule has 1 aromatic carbocycles. The van der Waals surface area contributed by atoms with Gasteiger partial charge in [-0.15, -0.1) is 0 Å². The van der Waals surface area contributed by atoms with Crippen LogP contribution in [0.3, 0.4) is 0 Å². The summed E-state index contributed by atoms with van der Waals surface area (Å²) in [6.45, 7) is 0.684. The van der Waals surface area contributed by atoms with E-state index in [0.29, 0.717) is 30.2 Å². The Hall–Kier alpha value is -3.09. The third kappa shape index (κ3) is 4.50. The fourth-order valence-corrected chi connectivity index (χ4v) is 3.89. The third-order valence-corrected chi connectivity index (χ3v) is 5.48. The van der Waals surface area contributed by atoms with Crippen LogP contribution in [0.2, 0.25) is 0 Å². The molecule has 2 N–H and O–H groups in total. The summed E-state index contributed by atoms with van der Waals surface area (Å²) in [5.41, 5.74) is 0.947. The van der Waals surface area contributed by atoms with Crippen molar-refractivity contribution in [2.45, 2.75) is 31.7 Å². The molecule has 0 radical (unpaired) electrons. The molecule has 3 aromatic rings. The number of nitrogens with one attached hydrogen (secondary N) is 2. The van der Waals surface area contributed by atoms with Crippen LogP contribution < -0.4 is 15.5 Å². The van der Waals surface area contributed by atoms with Crippen molar-refractivity contribution in [3.8, 4) is 0 Å². The maximum atomic E-state index is 12.0. The van der Waals surface area contributed by atoms with Gasteiger partial charge in [0, 0.05) is 32.1 Å². The van der Waals surface area contributed by atoms with Gasteiger partial charge in [-0.2, -0.15) is 4.98 Å². The first-order chi connectivity index (χ1) is 14.1. The lowest BCUT2D eigenvalue weighted by Crippen LogP contribution is -2.34. The number of aromatic nitrogens is 2. The minimum Gasteiger partial charge on any atom is -0.459 e. The Labute approximate surface area is 170 Å². The Balaban J connectivity index is 1.33. The van der Waals surface area contributed by atoms with Gasteiger partial charge in [-0.3, -0.25) is 4.79 Å². The van der Waals surface area contributed by atoms with Crippen LogP contribution in [0.25, 0.3) is 10.9 Å². The number of carbonyl (C=O) groups is 1. The van der Waals surface area contributed by atoms with Crippen molar-refractivity contribution in [1.82, 2.24) is 15.3 Å². The fourth-order valence-electron chi connectivity index (χ4n) is 3.89. The summed E-state index contributed by atoms with van der Waals surface area (Å²) in [5, 5.41) is 7.56. The smallest absolute Gasteiger partial charge is 0.286 e. The van der Waals surface area contributed by atoms with Crippen molar-refractivity contribution in [3.63, 3.8) is 0 Å². The number of rotatable bonds is 6. The van der Waals surface area contributed by atoms with Gasteiger partial charge in [0.15, 0.2) is 5.76 Å². The maximum Gasteiger partial charge on any atom is 0.286 e. The predicted octanol–water partition coefficient (Wildman–Crippen LogP) is 3.69. The molecule has 2 aromatic heterocycles. The molecule has 0 spiro atoms. The van der Waals surface area contributed by atoms with Crippen molar-refractivity contribution in [2.24, 2.45) is 5.92 Å². The summed E-state index contributed by atoms with van der Waals surface area (Å²) in [4.78, 5) is 23.5. The average Bonchev–Trinajstić information content (AvgIpc) is 3.27. The highest BCUT2D eigenvalue weighted by Crippen LogP contribution is 2.28. The molecule has 4 rings (SSSR count). The Kier molecular flexibility index (Phi) is 5.64. The number of fused-ring (bicyclic) bond motifs is 1. The summed E-state index contributed by atoms with van der Waals surface area (Å²) in [5.74, 6) is 2.32. The molecule has 7 nitrogen and oxygen atoms in total. The van der Waals surface area contributed by atoms with E-state index in [1.165, 1.54) is 6.26 Å². The highest BCUT2D eigenvalue weighted by Gasteiger charge is 2.23. The van der Waals surface area contributed by atoms with E-state index in [1.54, 1.807) is 12.1 Å². The number of hydrogen-bond acceptors (Lipinski definition) is 6. The molecule has 1 amide bonds. The third-order valence-electron chi connectivity index (χ3n) is 5.48. The van der Waals surface area contributed by atoms with E-state index in [1.807, 2.05) is 37.2 Å². The Bertz CT molecular complexity index is 963. The zero-order valence-corrected chi connectivity index (χ0v) is 16.9. The molecular weight excluding hydrogens is 366 g/mol. The number of para-hydroxylation sites is 1. The summed E-state index contributed by atoms with van der Waals surface area (Å²) < 4.78 is 5.14. The second-order valence-corrected chi connectivity index (χ2v) is 7.83. The second-order valence-electron chi connectivity index (χ2n) is 7.83. The molecule has 1 aliphatic carbocycles. The minimum absolute atomic E-state index is 0.143. The van der Waals surface area contributed by atoms with E-state index in [0.717, 1.165) is 42.4 Å². The van der Waals surface area contributed by atoms with E-state index < -0.39 is 0 Å². The molecule has 152 valence electrons. The lowest BCUT2D eigenvalue weighted by Gasteiger charge is -2.29. The van der Waals surface area contributed by atoms with E-state index in [-0.39, 0.29) is 5.91 Å². The van der Waals surface area contributed by atoms with Gasteiger partial charge < -0.3 is 20.0 Å². The number of hydrogen-bond donors (Lipinski definition) is 2. The molecule has 0 atom stereocenters. The van der Waals surface area contributed by atoms with Crippen LogP contribution in [0.15, 0.2) is 47.1 Å². The summed E-state index contributed by atoms with van der Waals surface area (Å²) in [6, 6.07) is 11.8. The zero-order chi connectivity index (χ0) is 20.2. The van der Waals surface area contributed by atoms with Crippen LogP contribution in [-0.2, 0) is 0 Å². The van der Waals surface area contributed by atoms with Crippen LogP contribution in [0.4, 0.5) is 11.8 Å². The molecule has 2 heterocycles. The Morgan fingerprint density at radius 2 is 1.90 bits per heavy atom. The minimum atomic E-state index is -0.143. The molecule has 0 bridgehead atoms. The summed E-state index contributed by atoms with van der Waals surface area (Å²) in [6.07, 6.45) is 5.71. The number of carbonyl (C=O) groups excluding carboxylic acids is 1. The standard InChI is InChI=1S/C22H27N5O2/c1-27(2)20-17-6-3-4-7-18(17)25-22(26-20)24-16-11-9-15(10-12-16)14-23-21(28)19-8-5-13-29-19/h3-8,13,15-16H,9-12,14H2,1-2H3,(H,23,28)(H,24,25,26)/t15-,16+. The molecule has 1 saturated carbocycles. The number of benzene rings is 1. The molecular formula is C22H27N5O2. The van der Waals surface area contributed by atoms with Crippen LogP contribution in [0.1, 0.15) is 36.2 Å². The van der Waals surface area contributed by atoms with Gasteiger partial charge in [0.1, 0.15) is 5.82 Å². The van der Waals surface area contributed by atoms with Gasteiger partial charge in [0.2, 0.25) is 5.95 Å². The first-order valence-electron chi connectivity index (χ1n) is 10.1. The van der Waals surface area contributed by atoms with Crippen LogP contribution in [-0.4, -0.2) is 42.6 Å². The number of furan rings is 1. The molecule has 0 unspecified atom stereocenters. The SMILES string of the molecule is CN(C)c1nc(N[C@H]2CC[C@@H](CNC(=O)c3ccco3)CC2)nc2ccccc12. The molecule has 0 saturated heterocycles. The van der Waals surface area contributed by atoms with Crippen LogP contribution >= 0.6 is 0 Å². The topological polar surface area (TPSA) is 83.3 Å². The lowest BCUT2D eigenvalue weighted by molar-refractivity contribution is 0.0915. The zero-order valence-electron chi connectivity index (χ0n) is 16.9. The van der Waals surface area contributed by atoms with Crippen molar-refractivity contribution in [2.75, 3.05) is 30.9 Å². The molecule has 7 heteroatoms. The predicted molar refractivity (Wildman–Crippen MR) is 114 cm³/mol. The lowest BCUT2D eigenvalue weighted by atomic mass is 9.86. The highest BCUT2D eigenvalue weighted by molar-refractivity contribution is 5.91. The largest absolute Gasteiger partial charge is 0.459 e. The first-order valence-corrected chi connectivity index (χ1v) is 10.1.